The fraction of sp³-hybridized carbons (Fsp3) is 0.294. The van der Waals surface area contributed by atoms with E-state index in [1.807, 2.05) is 41.5 Å². The highest BCUT2D eigenvalue weighted by molar-refractivity contribution is 7.20. The van der Waals surface area contributed by atoms with Gasteiger partial charge in [0.15, 0.2) is 0 Å². The minimum Gasteiger partial charge on any atom is -0.367 e. The highest BCUT2D eigenvalue weighted by Gasteiger charge is 2.28. The van der Waals surface area contributed by atoms with E-state index >= 15 is 0 Å². The molecular formula is C17H16N2O2S2. The number of ether oxygens (including phenoxy) is 1. The number of hydrogen-bond acceptors (Lipinski definition) is 5. The summed E-state index contributed by atoms with van der Waals surface area (Å²) >= 11 is 3.15. The zero-order chi connectivity index (χ0) is 15.8. The van der Waals surface area contributed by atoms with Crippen LogP contribution in [0.25, 0.3) is 10.1 Å². The monoisotopic (exact) mass is 344 g/mol. The van der Waals surface area contributed by atoms with Gasteiger partial charge >= 0.3 is 0 Å². The van der Waals surface area contributed by atoms with E-state index in [0.717, 1.165) is 25.7 Å². The molecule has 3 heterocycles. The number of aromatic nitrogens is 1. The molecule has 0 N–H and O–H groups in total. The molecule has 3 aromatic rings. The van der Waals surface area contributed by atoms with Gasteiger partial charge in [-0.1, -0.05) is 18.2 Å². The average molecular weight is 344 g/mol. The van der Waals surface area contributed by atoms with Gasteiger partial charge in [-0.3, -0.25) is 4.79 Å². The van der Waals surface area contributed by atoms with Crippen molar-refractivity contribution < 1.29 is 9.53 Å². The maximum absolute atomic E-state index is 12.8. The summed E-state index contributed by atoms with van der Waals surface area (Å²) in [7, 11) is 0. The van der Waals surface area contributed by atoms with Crippen LogP contribution in [-0.2, 0) is 4.74 Å². The van der Waals surface area contributed by atoms with Gasteiger partial charge in [0.1, 0.15) is 11.1 Å². The molecule has 1 fully saturated rings. The minimum atomic E-state index is -0.110. The Hall–Kier alpha value is -1.76. The van der Waals surface area contributed by atoms with Crippen molar-refractivity contribution >= 4 is 38.7 Å². The molecule has 0 aliphatic carbocycles. The van der Waals surface area contributed by atoms with Crippen LogP contribution in [0.5, 0.6) is 0 Å². The molecule has 1 aromatic carbocycles. The Morgan fingerprint density at radius 3 is 3.04 bits per heavy atom. The zero-order valence-corrected chi connectivity index (χ0v) is 14.3. The summed E-state index contributed by atoms with van der Waals surface area (Å²) in [5.41, 5.74) is 1.00. The molecule has 1 saturated heterocycles. The molecule has 0 unspecified atom stereocenters. The molecule has 118 valence electrons. The molecular weight excluding hydrogens is 328 g/mol. The second-order valence-corrected chi connectivity index (χ2v) is 7.56. The lowest BCUT2D eigenvalue weighted by Crippen LogP contribution is -2.42. The van der Waals surface area contributed by atoms with E-state index in [0.29, 0.717) is 19.7 Å². The van der Waals surface area contributed by atoms with Crippen molar-refractivity contribution in [3.05, 3.63) is 51.3 Å². The zero-order valence-electron chi connectivity index (χ0n) is 12.7. The first kappa shape index (κ1) is 14.8. The minimum absolute atomic E-state index is 0.0905. The van der Waals surface area contributed by atoms with Gasteiger partial charge in [-0.15, -0.1) is 22.7 Å². The standard InChI is InChI=1S/C17H16N2O2S2/c1-11-10-22-16(18-11)13-9-19(6-7-21-13)17(20)15-8-12-4-2-3-5-14(12)23-15/h2-5,8,10,13H,6-7,9H2,1H3/t13-/m0/s1. The number of thiophene rings is 1. The summed E-state index contributed by atoms with van der Waals surface area (Å²) in [6, 6.07) is 10.1. The predicted molar refractivity (Wildman–Crippen MR) is 93.3 cm³/mol. The molecule has 23 heavy (non-hydrogen) atoms. The molecule has 4 nitrogen and oxygen atoms in total. The maximum atomic E-state index is 12.8. The van der Waals surface area contributed by atoms with Gasteiger partial charge in [-0.05, 0) is 24.4 Å². The number of nitrogens with zero attached hydrogens (tertiary/aromatic N) is 2. The van der Waals surface area contributed by atoms with Crippen molar-refractivity contribution in [2.75, 3.05) is 19.7 Å². The fourth-order valence-electron chi connectivity index (χ4n) is 2.75. The van der Waals surface area contributed by atoms with Gasteiger partial charge in [0, 0.05) is 22.3 Å². The van der Waals surface area contributed by atoms with Crippen LogP contribution in [0, 0.1) is 6.92 Å². The van der Waals surface area contributed by atoms with Gasteiger partial charge in [0.05, 0.1) is 18.0 Å². The van der Waals surface area contributed by atoms with E-state index in [2.05, 4.69) is 11.1 Å². The van der Waals surface area contributed by atoms with Gasteiger partial charge in [0.25, 0.3) is 5.91 Å². The molecule has 2 aromatic heterocycles. The second kappa shape index (κ2) is 6.03. The van der Waals surface area contributed by atoms with Crippen LogP contribution in [0.4, 0.5) is 0 Å². The van der Waals surface area contributed by atoms with Gasteiger partial charge in [-0.25, -0.2) is 4.98 Å². The normalized spacial score (nSPS) is 18.5. The molecule has 1 atom stereocenters. The third kappa shape index (κ3) is 2.89. The van der Waals surface area contributed by atoms with Gasteiger partial charge in [-0.2, -0.15) is 0 Å². The van der Waals surface area contributed by atoms with Gasteiger partial charge in [0.2, 0.25) is 0 Å². The van der Waals surface area contributed by atoms with E-state index in [-0.39, 0.29) is 12.0 Å². The Morgan fingerprint density at radius 1 is 1.39 bits per heavy atom. The number of rotatable bonds is 2. The summed E-state index contributed by atoms with van der Waals surface area (Å²) < 4.78 is 6.96. The molecule has 1 aliphatic heterocycles. The van der Waals surface area contributed by atoms with Crippen LogP contribution < -0.4 is 0 Å². The van der Waals surface area contributed by atoms with Crippen LogP contribution in [0.1, 0.15) is 26.5 Å². The Kier molecular flexibility index (Phi) is 3.88. The number of benzene rings is 1. The topological polar surface area (TPSA) is 42.4 Å². The van der Waals surface area contributed by atoms with Crippen molar-refractivity contribution in [2.24, 2.45) is 0 Å². The van der Waals surface area contributed by atoms with Crippen molar-refractivity contribution in [1.82, 2.24) is 9.88 Å². The van der Waals surface area contributed by atoms with Crippen molar-refractivity contribution in [2.45, 2.75) is 13.0 Å². The maximum Gasteiger partial charge on any atom is 0.264 e. The van der Waals surface area contributed by atoms with Crippen molar-refractivity contribution in [3.63, 3.8) is 0 Å². The first-order valence-electron chi connectivity index (χ1n) is 7.52. The van der Waals surface area contributed by atoms with E-state index < -0.39 is 0 Å². The Labute approximate surface area is 142 Å². The summed E-state index contributed by atoms with van der Waals surface area (Å²) in [5.74, 6) is 0.0905. The fourth-order valence-corrected chi connectivity index (χ4v) is 4.61. The Bertz CT molecular complexity index is 822. The van der Waals surface area contributed by atoms with Crippen LogP contribution in [-0.4, -0.2) is 35.5 Å². The lowest BCUT2D eigenvalue weighted by atomic mass is 10.2. The number of thiazole rings is 1. The smallest absolute Gasteiger partial charge is 0.264 e. The summed E-state index contributed by atoms with van der Waals surface area (Å²) in [6.45, 7) is 3.73. The van der Waals surface area contributed by atoms with Crippen LogP contribution in [0.2, 0.25) is 0 Å². The number of fused-ring (bicyclic) bond motifs is 1. The molecule has 0 bridgehead atoms. The first-order chi connectivity index (χ1) is 11.2. The van der Waals surface area contributed by atoms with Gasteiger partial charge < -0.3 is 9.64 Å². The highest BCUT2D eigenvalue weighted by Crippen LogP contribution is 2.29. The first-order valence-corrected chi connectivity index (χ1v) is 9.22. The van der Waals surface area contributed by atoms with Crippen molar-refractivity contribution in [3.8, 4) is 0 Å². The molecule has 1 aliphatic rings. The van der Waals surface area contributed by atoms with E-state index in [9.17, 15) is 4.79 Å². The molecule has 6 heteroatoms. The Morgan fingerprint density at radius 2 is 2.26 bits per heavy atom. The van der Waals surface area contributed by atoms with Crippen LogP contribution >= 0.6 is 22.7 Å². The predicted octanol–water partition coefficient (Wildman–Crippen LogP) is 3.88. The highest BCUT2D eigenvalue weighted by atomic mass is 32.1. The number of hydrogen-bond donors (Lipinski definition) is 0. The van der Waals surface area contributed by atoms with E-state index in [1.54, 1.807) is 22.7 Å². The lowest BCUT2D eigenvalue weighted by Gasteiger charge is -2.31. The van der Waals surface area contributed by atoms with Crippen LogP contribution in [0.15, 0.2) is 35.7 Å². The molecule has 1 amide bonds. The third-order valence-electron chi connectivity index (χ3n) is 3.90. The lowest BCUT2D eigenvalue weighted by molar-refractivity contribution is -0.0227. The Balaban J connectivity index is 1.55. The number of carbonyl (C=O) groups is 1. The SMILES string of the molecule is Cc1csc([C@@H]2CN(C(=O)c3cc4ccccc4s3)CCO2)n1. The largest absolute Gasteiger partial charge is 0.367 e. The number of aryl methyl sites for hydroxylation is 1. The number of amides is 1. The second-order valence-electron chi connectivity index (χ2n) is 5.59. The van der Waals surface area contributed by atoms with E-state index in [4.69, 9.17) is 4.74 Å². The number of carbonyl (C=O) groups excluding carboxylic acids is 1. The summed E-state index contributed by atoms with van der Waals surface area (Å²) in [4.78, 5) is 20.0. The molecule has 4 rings (SSSR count). The average Bonchev–Trinajstić information content (AvgIpc) is 3.20. The molecule has 0 radical (unpaired) electrons. The van der Waals surface area contributed by atoms with E-state index in [1.165, 1.54) is 0 Å². The molecule has 0 spiro atoms. The number of morpholine rings is 1. The summed E-state index contributed by atoms with van der Waals surface area (Å²) in [6.07, 6.45) is -0.110. The van der Waals surface area contributed by atoms with Crippen LogP contribution in [0.3, 0.4) is 0 Å². The van der Waals surface area contributed by atoms with Crippen molar-refractivity contribution in [1.29, 1.82) is 0 Å². The quantitative estimate of drug-likeness (QED) is 0.708. The molecule has 0 saturated carbocycles. The third-order valence-corrected chi connectivity index (χ3v) is 6.06. The summed E-state index contributed by atoms with van der Waals surface area (Å²) in [5, 5.41) is 4.10.